The molecule has 9 heteroatoms. The second-order valence-corrected chi connectivity index (χ2v) is 11.5. The molecule has 4 N–H and O–H groups in total. The molecule has 2 aliphatic carbocycles. The largest absolute Gasteiger partial charge is 0.389 e. The Morgan fingerprint density at radius 2 is 1.71 bits per heavy atom. The monoisotopic (exact) mass is 525 g/mol. The van der Waals surface area contributed by atoms with E-state index >= 15 is 0 Å². The lowest BCUT2D eigenvalue weighted by molar-refractivity contribution is -0.176. The maximum atomic E-state index is 14.4. The van der Waals surface area contributed by atoms with Gasteiger partial charge in [0.2, 0.25) is 11.8 Å². The minimum atomic E-state index is -1.73. The summed E-state index contributed by atoms with van der Waals surface area (Å²) in [4.78, 5) is 54.7. The van der Waals surface area contributed by atoms with Crippen LogP contribution in [-0.2, 0) is 24.8 Å². The zero-order chi connectivity index (χ0) is 26.9. The third-order valence-corrected chi connectivity index (χ3v) is 9.41. The summed E-state index contributed by atoms with van der Waals surface area (Å²) in [5.74, 6) is -2.30. The fourth-order valence-electron chi connectivity index (χ4n) is 7.34. The Bertz CT molecular complexity index is 1050. The molecule has 1 aromatic carbocycles. The molecule has 1 aromatic rings. The van der Waals surface area contributed by atoms with Gasteiger partial charge >= 0.3 is 0 Å². The quantitative estimate of drug-likeness (QED) is 0.385. The predicted molar refractivity (Wildman–Crippen MR) is 138 cm³/mol. The van der Waals surface area contributed by atoms with Crippen LogP contribution in [0.25, 0.3) is 0 Å². The lowest BCUT2D eigenvalue weighted by atomic mass is 9.71. The van der Waals surface area contributed by atoms with Gasteiger partial charge in [-0.05, 0) is 62.8 Å². The van der Waals surface area contributed by atoms with Crippen molar-refractivity contribution in [2.24, 2.45) is 17.8 Å². The number of ketones is 1. The molecule has 0 aromatic heterocycles. The minimum absolute atomic E-state index is 0.0767. The molecular formula is C29H39N3O6. The lowest BCUT2D eigenvalue weighted by Crippen LogP contribution is -2.67. The van der Waals surface area contributed by atoms with Crippen molar-refractivity contribution in [1.82, 2.24) is 15.5 Å². The molecule has 3 heterocycles. The number of carbonyl (C=O) groups excluding carboxylic acids is 4. The van der Waals surface area contributed by atoms with Gasteiger partial charge in [-0.3, -0.25) is 19.2 Å². The van der Waals surface area contributed by atoms with Crippen molar-refractivity contribution in [2.45, 2.75) is 87.9 Å². The van der Waals surface area contributed by atoms with Crippen LogP contribution in [0.3, 0.4) is 0 Å². The van der Waals surface area contributed by atoms with Crippen LogP contribution in [0.15, 0.2) is 30.3 Å². The van der Waals surface area contributed by atoms with E-state index in [4.69, 9.17) is 0 Å². The number of aliphatic hydroxyl groups is 2. The van der Waals surface area contributed by atoms with E-state index in [0.717, 1.165) is 51.4 Å². The minimum Gasteiger partial charge on any atom is -0.389 e. The number of amides is 3. The molecule has 4 unspecified atom stereocenters. The number of piperidine rings is 2. The number of hydrogen-bond donors (Lipinski definition) is 4. The third-order valence-electron chi connectivity index (χ3n) is 9.41. The van der Waals surface area contributed by atoms with Gasteiger partial charge in [0.1, 0.15) is 12.6 Å². The maximum absolute atomic E-state index is 14.4. The molecule has 3 saturated heterocycles. The fourth-order valence-corrected chi connectivity index (χ4v) is 7.34. The van der Waals surface area contributed by atoms with Gasteiger partial charge in [-0.1, -0.05) is 43.2 Å². The average molecular weight is 526 g/mol. The molecule has 5 aliphatic rings. The van der Waals surface area contributed by atoms with Crippen molar-refractivity contribution in [3.8, 4) is 0 Å². The molecule has 3 amide bonds. The number of carbonyl (C=O) groups is 4. The Morgan fingerprint density at radius 3 is 2.32 bits per heavy atom. The normalized spacial score (nSPS) is 29.5. The molecule has 206 valence electrons. The van der Waals surface area contributed by atoms with E-state index in [2.05, 4.69) is 10.6 Å². The van der Waals surface area contributed by atoms with E-state index in [1.165, 1.54) is 0 Å². The van der Waals surface area contributed by atoms with Crippen LogP contribution in [0.4, 0.5) is 0 Å². The van der Waals surface area contributed by atoms with Gasteiger partial charge in [0.05, 0.1) is 6.04 Å². The summed E-state index contributed by atoms with van der Waals surface area (Å²) >= 11 is 0. The highest BCUT2D eigenvalue weighted by molar-refractivity contribution is 5.96. The van der Waals surface area contributed by atoms with Crippen LogP contribution in [0, 0.1) is 17.8 Å². The average Bonchev–Trinajstić information content (AvgIpc) is 3.64. The Hall–Kier alpha value is -2.78. The standard InChI is InChI=1S/C29H39N3O6/c33-17-24(34)23(16-19-14-15-30-26(19)35)31-27(36)25-18-10-12-22(13-11-18)32(25)28(37)29(38,21-8-4-5-9-21)20-6-2-1-3-7-20/h1-3,6-7,18-19,21-23,25,33,38H,4-5,8-17H2,(H,30,35)(H,31,36). The summed E-state index contributed by atoms with van der Waals surface area (Å²) in [7, 11) is 0. The third kappa shape index (κ3) is 4.86. The van der Waals surface area contributed by atoms with Crippen molar-refractivity contribution in [1.29, 1.82) is 0 Å². The van der Waals surface area contributed by atoms with E-state index in [1.54, 1.807) is 17.0 Å². The summed E-state index contributed by atoms with van der Waals surface area (Å²) in [5, 5.41) is 27.3. The number of nitrogens with zero attached hydrogens (tertiary/aromatic N) is 1. The fraction of sp³-hybridized carbons (Fsp3) is 0.655. The molecule has 0 radical (unpaired) electrons. The summed E-state index contributed by atoms with van der Waals surface area (Å²) < 4.78 is 0. The van der Waals surface area contributed by atoms with Crippen LogP contribution >= 0.6 is 0 Å². The summed E-state index contributed by atoms with van der Waals surface area (Å²) in [6.07, 6.45) is 7.20. The van der Waals surface area contributed by atoms with Crippen LogP contribution < -0.4 is 10.6 Å². The second kappa shape index (κ2) is 11.1. The highest BCUT2D eigenvalue weighted by Crippen LogP contribution is 2.46. The van der Waals surface area contributed by atoms with Gasteiger partial charge in [-0.15, -0.1) is 0 Å². The first-order valence-electron chi connectivity index (χ1n) is 14.2. The van der Waals surface area contributed by atoms with Crippen molar-refractivity contribution in [2.75, 3.05) is 13.2 Å². The number of rotatable bonds is 9. The van der Waals surface area contributed by atoms with E-state index in [-0.39, 0.29) is 30.2 Å². The zero-order valence-electron chi connectivity index (χ0n) is 21.8. The molecule has 3 aliphatic heterocycles. The van der Waals surface area contributed by atoms with Gasteiger partial charge in [0.15, 0.2) is 11.4 Å². The van der Waals surface area contributed by atoms with E-state index < -0.39 is 47.8 Å². The van der Waals surface area contributed by atoms with Crippen LogP contribution in [-0.4, -0.2) is 69.9 Å². The Kier molecular flexibility index (Phi) is 7.86. The summed E-state index contributed by atoms with van der Waals surface area (Å²) in [5.41, 5.74) is -1.17. The van der Waals surface area contributed by atoms with Gasteiger partial charge in [0.25, 0.3) is 5.91 Å². The van der Waals surface area contributed by atoms with E-state index in [9.17, 15) is 29.4 Å². The molecular weight excluding hydrogens is 486 g/mol. The Balaban J connectivity index is 1.44. The maximum Gasteiger partial charge on any atom is 0.260 e. The predicted octanol–water partition coefficient (Wildman–Crippen LogP) is 1.41. The first-order chi connectivity index (χ1) is 18.3. The van der Waals surface area contributed by atoms with Crippen LogP contribution in [0.5, 0.6) is 0 Å². The molecule has 0 spiro atoms. The second-order valence-electron chi connectivity index (χ2n) is 11.5. The number of fused-ring (bicyclic) bond motifs is 3. The van der Waals surface area contributed by atoms with Crippen molar-refractivity contribution in [3.63, 3.8) is 0 Å². The highest BCUT2D eigenvalue weighted by Gasteiger charge is 2.55. The Morgan fingerprint density at radius 1 is 1.03 bits per heavy atom. The molecule has 5 fully saturated rings. The number of hydrogen-bond acceptors (Lipinski definition) is 6. The van der Waals surface area contributed by atoms with Crippen LogP contribution in [0.1, 0.15) is 69.8 Å². The van der Waals surface area contributed by atoms with Crippen molar-refractivity contribution < 1.29 is 29.4 Å². The number of aliphatic hydroxyl groups excluding tert-OH is 1. The first kappa shape index (κ1) is 26.8. The molecule has 6 rings (SSSR count). The molecule has 9 nitrogen and oxygen atoms in total. The smallest absolute Gasteiger partial charge is 0.260 e. The molecule has 4 atom stereocenters. The zero-order valence-corrected chi connectivity index (χ0v) is 21.8. The number of nitrogens with one attached hydrogen (secondary N) is 2. The van der Waals surface area contributed by atoms with Gasteiger partial charge < -0.3 is 25.7 Å². The van der Waals surface area contributed by atoms with E-state index in [0.29, 0.717) is 18.5 Å². The van der Waals surface area contributed by atoms with Gasteiger partial charge in [-0.25, -0.2) is 0 Å². The first-order valence-corrected chi connectivity index (χ1v) is 14.2. The van der Waals surface area contributed by atoms with E-state index in [1.807, 2.05) is 18.2 Å². The summed E-state index contributed by atoms with van der Waals surface area (Å²) in [6.45, 7) is -0.223. The van der Waals surface area contributed by atoms with Gasteiger partial charge in [-0.2, -0.15) is 0 Å². The number of Topliss-reactive ketones (excluding diaryl/α,β-unsaturated/α-hetero) is 1. The lowest BCUT2D eigenvalue weighted by Gasteiger charge is -2.53. The van der Waals surface area contributed by atoms with Crippen molar-refractivity contribution >= 4 is 23.5 Å². The Labute approximate surface area is 223 Å². The molecule has 38 heavy (non-hydrogen) atoms. The van der Waals surface area contributed by atoms with Crippen LogP contribution in [0.2, 0.25) is 0 Å². The molecule has 2 bridgehead atoms. The van der Waals surface area contributed by atoms with Gasteiger partial charge in [0, 0.05) is 24.4 Å². The highest BCUT2D eigenvalue weighted by atomic mass is 16.3. The molecule has 2 saturated carbocycles. The SMILES string of the molecule is O=C1NCCC1CC(NC(=O)C1C2CCC(CC2)N1C(=O)C(O)(c1ccccc1)C1CCCC1)C(=O)CO. The topological polar surface area (TPSA) is 136 Å². The van der Waals surface area contributed by atoms with Crippen molar-refractivity contribution in [3.05, 3.63) is 35.9 Å². The summed E-state index contributed by atoms with van der Waals surface area (Å²) in [6, 6.07) is 7.09. The number of benzene rings is 1.